The molecule has 0 spiro atoms. The van der Waals surface area contributed by atoms with Gasteiger partial charge in [-0.05, 0) is 18.6 Å². The molecule has 5 nitrogen and oxygen atoms in total. The Hall–Kier alpha value is -1.14. The molecule has 0 bridgehead atoms. The smallest absolute Gasteiger partial charge is 0.269 e. The van der Waals surface area contributed by atoms with Crippen LogP contribution in [-0.2, 0) is 10.3 Å². The summed E-state index contributed by atoms with van der Waals surface area (Å²) in [6.45, 7) is 1.68. The summed E-state index contributed by atoms with van der Waals surface area (Å²) in [6.07, 6.45) is 1.43. The van der Waals surface area contributed by atoms with E-state index in [1.807, 2.05) is 4.72 Å². The van der Waals surface area contributed by atoms with Gasteiger partial charge in [-0.25, -0.2) is 9.71 Å². The molecule has 0 aliphatic heterocycles. The van der Waals surface area contributed by atoms with Crippen molar-refractivity contribution < 1.29 is 13.0 Å². The molecule has 0 aromatic carbocycles. The van der Waals surface area contributed by atoms with Crippen LogP contribution in [0.5, 0.6) is 0 Å². The minimum absolute atomic E-state index is 0.139. The van der Waals surface area contributed by atoms with Crippen molar-refractivity contribution in [1.29, 1.82) is 0 Å². The molecule has 12 heavy (non-hydrogen) atoms. The minimum atomic E-state index is -4.21. The summed E-state index contributed by atoms with van der Waals surface area (Å²) in [5, 5.41) is 0. The first-order valence-electron chi connectivity index (χ1n) is 3.16. The summed E-state index contributed by atoms with van der Waals surface area (Å²) in [6, 6.07) is 3.35. The van der Waals surface area contributed by atoms with Crippen molar-refractivity contribution in [3.05, 3.63) is 23.9 Å². The maximum absolute atomic E-state index is 10.4. The van der Waals surface area contributed by atoms with E-state index in [2.05, 4.69) is 4.98 Å². The van der Waals surface area contributed by atoms with Crippen LogP contribution < -0.4 is 4.72 Å². The Morgan fingerprint density at radius 2 is 2.25 bits per heavy atom. The van der Waals surface area contributed by atoms with Gasteiger partial charge in [0, 0.05) is 6.20 Å². The fraction of sp³-hybridized carbons (Fsp3) is 0.167. The van der Waals surface area contributed by atoms with Crippen LogP contribution in [0.15, 0.2) is 18.3 Å². The highest BCUT2D eigenvalue weighted by Crippen LogP contribution is 2.09. The van der Waals surface area contributed by atoms with E-state index >= 15 is 0 Å². The summed E-state index contributed by atoms with van der Waals surface area (Å²) in [5.74, 6) is 0.139. The second-order valence-corrected chi connectivity index (χ2v) is 3.40. The molecule has 0 aliphatic carbocycles. The summed E-state index contributed by atoms with van der Waals surface area (Å²) in [5.41, 5.74) is 0.648. The minimum Gasteiger partial charge on any atom is -0.269 e. The number of rotatable bonds is 2. The Kier molecular flexibility index (Phi) is 2.30. The zero-order valence-corrected chi connectivity index (χ0v) is 7.17. The third-order valence-corrected chi connectivity index (χ3v) is 1.69. The topological polar surface area (TPSA) is 79.3 Å². The molecule has 1 aromatic rings. The molecule has 0 amide bonds. The molecule has 6 heteroatoms. The normalized spacial score (nSPS) is 11.2. The molecular weight excluding hydrogens is 180 g/mol. The summed E-state index contributed by atoms with van der Waals surface area (Å²) in [4.78, 5) is 3.71. The second-order valence-electron chi connectivity index (χ2n) is 2.25. The summed E-state index contributed by atoms with van der Waals surface area (Å²) >= 11 is 0. The Morgan fingerprint density at radius 3 is 2.75 bits per heavy atom. The average Bonchev–Trinajstić information content (AvgIpc) is 1.91. The van der Waals surface area contributed by atoms with Crippen LogP contribution in [0.1, 0.15) is 5.56 Å². The Bertz CT molecular complexity index is 374. The molecule has 0 aliphatic rings. The van der Waals surface area contributed by atoms with Crippen molar-refractivity contribution in [2.24, 2.45) is 0 Å². The molecule has 0 atom stereocenters. The van der Waals surface area contributed by atoms with Gasteiger partial charge in [0.25, 0.3) is 0 Å². The van der Waals surface area contributed by atoms with Gasteiger partial charge in [0.2, 0.25) is 0 Å². The zero-order chi connectivity index (χ0) is 9.19. The van der Waals surface area contributed by atoms with Gasteiger partial charge in [-0.15, -0.1) is 0 Å². The van der Waals surface area contributed by atoms with E-state index in [4.69, 9.17) is 4.55 Å². The lowest BCUT2D eigenvalue weighted by Crippen LogP contribution is -2.12. The summed E-state index contributed by atoms with van der Waals surface area (Å²) in [7, 11) is -4.21. The van der Waals surface area contributed by atoms with Crippen LogP contribution in [-0.4, -0.2) is 18.0 Å². The first kappa shape index (κ1) is 8.95. The number of anilines is 1. The lowest BCUT2D eigenvalue weighted by Gasteiger charge is -2.03. The predicted octanol–water partition coefficient (Wildman–Crippen LogP) is 0.605. The van der Waals surface area contributed by atoms with Crippen molar-refractivity contribution in [2.75, 3.05) is 4.72 Å². The SMILES string of the molecule is Cc1cccnc1NS(=O)(=O)O. The van der Waals surface area contributed by atoms with Gasteiger partial charge in [-0.2, -0.15) is 8.42 Å². The van der Waals surface area contributed by atoms with Crippen molar-refractivity contribution in [1.82, 2.24) is 4.98 Å². The standard InChI is InChI=1S/C6H8N2O3S/c1-5-3-2-4-7-6(5)8-12(9,10)11/h2-4H,1H3,(H,7,8)(H,9,10,11). The molecule has 1 heterocycles. The highest BCUT2D eigenvalue weighted by Gasteiger charge is 2.05. The van der Waals surface area contributed by atoms with Crippen LogP contribution in [0, 0.1) is 6.92 Å². The number of nitrogens with zero attached hydrogens (tertiary/aromatic N) is 1. The first-order chi connectivity index (χ1) is 5.49. The second kappa shape index (κ2) is 3.08. The van der Waals surface area contributed by atoms with E-state index in [0.29, 0.717) is 5.56 Å². The number of hydrogen-bond acceptors (Lipinski definition) is 3. The van der Waals surface area contributed by atoms with E-state index in [0.717, 1.165) is 0 Å². The molecule has 66 valence electrons. The fourth-order valence-corrected chi connectivity index (χ4v) is 1.17. The van der Waals surface area contributed by atoms with Crippen LogP contribution in [0.25, 0.3) is 0 Å². The van der Waals surface area contributed by atoms with Crippen molar-refractivity contribution >= 4 is 16.1 Å². The molecule has 0 saturated heterocycles. The van der Waals surface area contributed by atoms with Gasteiger partial charge in [0.15, 0.2) is 0 Å². The van der Waals surface area contributed by atoms with Crippen molar-refractivity contribution in [2.45, 2.75) is 6.92 Å². The Balaban J connectivity index is 2.98. The molecule has 1 aromatic heterocycles. The number of nitrogens with one attached hydrogen (secondary N) is 1. The molecular formula is C6H8N2O3S. The van der Waals surface area contributed by atoms with Crippen molar-refractivity contribution in [3.8, 4) is 0 Å². The monoisotopic (exact) mass is 188 g/mol. The van der Waals surface area contributed by atoms with Crippen LogP contribution in [0.4, 0.5) is 5.82 Å². The average molecular weight is 188 g/mol. The maximum atomic E-state index is 10.4. The molecule has 1 rings (SSSR count). The zero-order valence-electron chi connectivity index (χ0n) is 6.35. The third kappa shape index (κ3) is 2.48. The number of pyridine rings is 1. The number of aromatic nitrogens is 1. The van der Waals surface area contributed by atoms with Gasteiger partial charge >= 0.3 is 10.3 Å². The van der Waals surface area contributed by atoms with Gasteiger partial charge < -0.3 is 0 Å². The van der Waals surface area contributed by atoms with Gasteiger partial charge in [0.1, 0.15) is 5.82 Å². The quantitative estimate of drug-likeness (QED) is 0.666. The number of hydrogen-bond donors (Lipinski definition) is 2. The summed E-state index contributed by atoms with van der Waals surface area (Å²) < 4.78 is 31.0. The van der Waals surface area contributed by atoms with E-state index in [-0.39, 0.29) is 5.82 Å². The maximum Gasteiger partial charge on any atom is 0.358 e. The lowest BCUT2D eigenvalue weighted by molar-refractivity contribution is 0.489. The van der Waals surface area contributed by atoms with Crippen LogP contribution in [0.2, 0.25) is 0 Å². The highest BCUT2D eigenvalue weighted by atomic mass is 32.2. The molecule has 0 radical (unpaired) electrons. The molecule has 0 saturated carbocycles. The Morgan fingerprint density at radius 1 is 1.58 bits per heavy atom. The lowest BCUT2D eigenvalue weighted by atomic mass is 10.3. The predicted molar refractivity (Wildman–Crippen MR) is 44.1 cm³/mol. The largest absolute Gasteiger partial charge is 0.358 e. The van der Waals surface area contributed by atoms with Crippen LogP contribution in [0.3, 0.4) is 0 Å². The van der Waals surface area contributed by atoms with Gasteiger partial charge in [0.05, 0.1) is 0 Å². The van der Waals surface area contributed by atoms with E-state index < -0.39 is 10.3 Å². The third-order valence-electron chi connectivity index (χ3n) is 1.24. The fourth-order valence-electron chi connectivity index (χ4n) is 0.715. The Labute approximate surface area is 70.3 Å². The van der Waals surface area contributed by atoms with Crippen LogP contribution >= 0.6 is 0 Å². The van der Waals surface area contributed by atoms with Gasteiger partial charge in [-0.3, -0.25) is 4.55 Å². The molecule has 0 unspecified atom stereocenters. The van der Waals surface area contributed by atoms with E-state index in [9.17, 15) is 8.42 Å². The van der Waals surface area contributed by atoms with E-state index in [1.165, 1.54) is 6.20 Å². The molecule has 2 N–H and O–H groups in total. The molecule has 0 fully saturated rings. The van der Waals surface area contributed by atoms with E-state index in [1.54, 1.807) is 19.1 Å². The number of aryl methyl sites for hydroxylation is 1. The first-order valence-corrected chi connectivity index (χ1v) is 4.60. The highest BCUT2D eigenvalue weighted by molar-refractivity contribution is 7.87. The van der Waals surface area contributed by atoms with Gasteiger partial charge in [-0.1, -0.05) is 6.07 Å². The van der Waals surface area contributed by atoms with Crippen molar-refractivity contribution in [3.63, 3.8) is 0 Å².